The summed E-state index contributed by atoms with van der Waals surface area (Å²) in [5, 5.41) is 17.8. The van der Waals surface area contributed by atoms with Gasteiger partial charge in [0.2, 0.25) is 10.0 Å². The molecule has 1 aromatic heterocycles. The van der Waals surface area contributed by atoms with E-state index in [2.05, 4.69) is 16.5 Å². The number of halogens is 1. The molecule has 30 heavy (non-hydrogen) atoms. The van der Waals surface area contributed by atoms with Gasteiger partial charge in [0.1, 0.15) is 5.56 Å². The van der Waals surface area contributed by atoms with Crippen LogP contribution in [0.25, 0.3) is 0 Å². The van der Waals surface area contributed by atoms with Crippen LogP contribution in [0.3, 0.4) is 0 Å². The number of carbonyl (C=O) groups excluding carboxylic acids is 1. The summed E-state index contributed by atoms with van der Waals surface area (Å²) >= 11 is 5.90. The predicted octanol–water partition coefficient (Wildman–Crippen LogP) is 2.50. The van der Waals surface area contributed by atoms with Gasteiger partial charge in [-0.05, 0) is 43.5 Å². The van der Waals surface area contributed by atoms with Crippen LogP contribution in [0, 0.1) is 17.2 Å². The van der Waals surface area contributed by atoms with Gasteiger partial charge < -0.3 is 11.1 Å². The van der Waals surface area contributed by atoms with Gasteiger partial charge in [0.15, 0.2) is 5.82 Å². The Bertz CT molecular complexity index is 1080. The van der Waals surface area contributed by atoms with Crippen molar-refractivity contribution in [1.82, 2.24) is 14.1 Å². The van der Waals surface area contributed by atoms with Crippen molar-refractivity contribution in [2.45, 2.75) is 31.3 Å². The first-order valence-corrected chi connectivity index (χ1v) is 11.6. The van der Waals surface area contributed by atoms with E-state index in [9.17, 15) is 18.5 Å². The Morgan fingerprint density at radius 1 is 1.37 bits per heavy atom. The van der Waals surface area contributed by atoms with Crippen molar-refractivity contribution in [3.05, 3.63) is 41.0 Å². The second-order valence-corrected chi connectivity index (χ2v) is 9.89. The Morgan fingerprint density at radius 2 is 2.03 bits per heavy atom. The third kappa shape index (κ3) is 4.75. The number of nitriles is 1. The van der Waals surface area contributed by atoms with E-state index in [1.54, 1.807) is 28.9 Å². The van der Waals surface area contributed by atoms with Crippen LogP contribution in [0.2, 0.25) is 5.02 Å². The minimum absolute atomic E-state index is 0.206. The molecule has 1 amide bonds. The van der Waals surface area contributed by atoms with Crippen molar-refractivity contribution in [2.24, 2.45) is 11.7 Å². The third-order valence-electron chi connectivity index (χ3n) is 5.43. The molecule has 160 valence electrons. The fourth-order valence-corrected chi connectivity index (χ4v) is 4.55. The molecule has 0 aliphatic heterocycles. The van der Waals surface area contributed by atoms with Crippen molar-refractivity contribution < 1.29 is 13.2 Å². The number of nitrogens with one attached hydrogen (secondary N) is 1. The van der Waals surface area contributed by atoms with Gasteiger partial charge in [0.25, 0.3) is 5.91 Å². The maximum absolute atomic E-state index is 11.9. The Labute approximate surface area is 180 Å². The van der Waals surface area contributed by atoms with Crippen molar-refractivity contribution >= 4 is 39.0 Å². The average Bonchev–Trinajstić information content (AvgIpc) is 3.11. The molecule has 1 heterocycles. The van der Waals surface area contributed by atoms with Gasteiger partial charge in [0.05, 0.1) is 24.3 Å². The molecule has 0 bridgehead atoms. The zero-order valence-corrected chi connectivity index (χ0v) is 18.2. The number of amides is 1. The first kappa shape index (κ1) is 22.1. The molecule has 0 spiro atoms. The van der Waals surface area contributed by atoms with Gasteiger partial charge in [-0.2, -0.15) is 10.4 Å². The molecule has 3 rings (SSSR count). The normalized spacial score (nSPS) is 21.9. The van der Waals surface area contributed by atoms with Gasteiger partial charge in [0, 0.05) is 30.0 Å². The smallest absolute Gasteiger partial charge is 0.254 e. The van der Waals surface area contributed by atoms with Crippen molar-refractivity contribution in [3.63, 3.8) is 0 Å². The van der Waals surface area contributed by atoms with Crippen LogP contribution in [0.1, 0.15) is 35.7 Å². The largest absolute Gasteiger partial charge is 0.365 e. The number of nitrogens with zero attached hydrogens (tertiary/aromatic N) is 4. The molecule has 1 aromatic carbocycles. The summed E-state index contributed by atoms with van der Waals surface area (Å²) in [6, 6.07) is 8.63. The Balaban J connectivity index is 1.85. The number of carbonyl (C=O) groups is 1. The number of benzene rings is 1. The zero-order chi connectivity index (χ0) is 22.1. The summed E-state index contributed by atoms with van der Waals surface area (Å²) in [6.45, 7) is 0. The quantitative estimate of drug-likeness (QED) is 0.694. The number of anilines is 2. The van der Waals surface area contributed by atoms with E-state index in [0.717, 1.165) is 6.26 Å². The fourth-order valence-electron chi connectivity index (χ4n) is 3.69. The number of sulfonamides is 1. The van der Waals surface area contributed by atoms with Gasteiger partial charge in [-0.1, -0.05) is 11.6 Å². The minimum atomic E-state index is -3.35. The summed E-state index contributed by atoms with van der Waals surface area (Å²) in [5.41, 5.74) is 6.41. The number of hydrogen-bond donors (Lipinski definition) is 2. The lowest BCUT2D eigenvalue weighted by atomic mass is 9.82. The molecule has 9 nitrogen and oxygen atoms in total. The van der Waals surface area contributed by atoms with Gasteiger partial charge >= 0.3 is 0 Å². The van der Waals surface area contributed by atoms with Crippen LogP contribution in [-0.4, -0.2) is 47.8 Å². The third-order valence-corrected chi connectivity index (χ3v) is 7.03. The van der Waals surface area contributed by atoms with E-state index in [0.29, 0.717) is 30.0 Å². The van der Waals surface area contributed by atoms with Crippen LogP contribution < -0.4 is 11.1 Å². The number of rotatable bonds is 6. The standard InChI is InChI=1S/C19H23ClN6O3S/c1-25(30(2,28)29)15-7-8-17(12(9-15)10-21)26-11-16(18(22)27)19(24-26)23-14-5-3-13(20)4-6-14/h3-6,11-12,15,17H,7-9H2,1-2H3,(H2,22,27)(H,23,24). The monoisotopic (exact) mass is 450 g/mol. The second-order valence-electron chi connectivity index (χ2n) is 7.42. The van der Waals surface area contributed by atoms with Crippen molar-refractivity contribution in [1.29, 1.82) is 5.26 Å². The van der Waals surface area contributed by atoms with Gasteiger partial charge in [-0.25, -0.2) is 12.7 Å². The lowest BCUT2D eigenvalue weighted by Crippen LogP contribution is -2.42. The maximum atomic E-state index is 11.9. The molecule has 3 atom stereocenters. The topological polar surface area (TPSA) is 134 Å². The Hall–Kier alpha value is -2.61. The van der Waals surface area contributed by atoms with Crippen molar-refractivity contribution in [3.8, 4) is 6.07 Å². The molecule has 3 unspecified atom stereocenters. The number of primary amides is 1. The predicted molar refractivity (Wildman–Crippen MR) is 114 cm³/mol. The minimum Gasteiger partial charge on any atom is -0.365 e. The highest BCUT2D eigenvalue weighted by Crippen LogP contribution is 2.37. The number of hydrogen-bond acceptors (Lipinski definition) is 6. The fraction of sp³-hybridized carbons (Fsp3) is 0.421. The van der Waals surface area contributed by atoms with Crippen molar-refractivity contribution in [2.75, 3.05) is 18.6 Å². The molecule has 2 aromatic rings. The SMILES string of the molecule is CN(C1CCC(n2cc(C(N)=O)c(Nc3ccc(Cl)cc3)n2)C(C#N)C1)S(C)(=O)=O. The summed E-state index contributed by atoms with van der Waals surface area (Å²) in [5.74, 6) is -0.814. The molecule has 11 heteroatoms. The number of aromatic nitrogens is 2. The molecule has 1 saturated carbocycles. The molecule has 0 radical (unpaired) electrons. The molecule has 0 saturated heterocycles. The highest BCUT2D eigenvalue weighted by atomic mass is 35.5. The molecular weight excluding hydrogens is 428 g/mol. The zero-order valence-electron chi connectivity index (χ0n) is 16.6. The van der Waals surface area contributed by atoms with Crippen LogP contribution in [0.5, 0.6) is 0 Å². The highest BCUT2D eigenvalue weighted by molar-refractivity contribution is 7.88. The molecular formula is C19H23ClN6O3S. The van der Waals surface area contributed by atoms with Gasteiger partial charge in [-0.3, -0.25) is 9.48 Å². The lowest BCUT2D eigenvalue weighted by Gasteiger charge is -2.36. The van der Waals surface area contributed by atoms with E-state index in [4.69, 9.17) is 17.3 Å². The first-order chi connectivity index (χ1) is 14.1. The van der Waals surface area contributed by atoms with E-state index in [-0.39, 0.29) is 23.5 Å². The molecule has 1 fully saturated rings. The summed E-state index contributed by atoms with van der Waals surface area (Å²) in [6.07, 6.45) is 4.20. The highest BCUT2D eigenvalue weighted by Gasteiger charge is 2.36. The second kappa shape index (κ2) is 8.63. The Morgan fingerprint density at radius 3 is 2.60 bits per heavy atom. The molecule has 3 N–H and O–H groups in total. The maximum Gasteiger partial charge on any atom is 0.254 e. The first-order valence-electron chi connectivity index (χ1n) is 9.34. The average molecular weight is 451 g/mol. The van der Waals surface area contributed by atoms with Gasteiger partial charge in [-0.15, -0.1) is 0 Å². The Kier molecular flexibility index (Phi) is 6.36. The number of nitrogens with two attached hydrogens (primary N) is 1. The summed E-state index contributed by atoms with van der Waals surface area (Å²) < 4.78 is 26.6. The van der Waals surface area contributed by atoms with E-state index in [1.807, 2.05) is 0 Å². The van der Waals surface area contributed by atoms with Crippen LogP contribution >= 0.6 is 11.6 Å². The van der Waals surface area contributed by atoms with Crippen LogP contribution in [-0.2, 0) is 10.0 Å². The summed E-state index contributed by atoms with van der Waals surface area (Å²) in [4.78, 5) is 11.9. The van der Waals surface area contributed by atoms with E-state index >= 15 is 0 Å². The molecule has 1 aliphatic rings. The van der Waals surface area contributed by atoms with Crippen LogP contribution in [0.4, 0.5) is 11.5 Å². The van der Waals surface area contributed by atoms with E-state index < -0.39 is 21.8 Å². The summed E-state index contributed by atoms with van der Waals surface area (Å²) in [7, 11) is -1.82. The van der Waals surface area contributed by atoms with Crippen LogP contribution in [0.15, 0.2) is 30.5 Å². The lowest BCUT2D eigenvalue weighted by molar-refractivity contribution is 0.100. The van der Waals surface area contributed by atoms with E-state index in [1.165, 1.54) is 17.5 Å². The molecule has 1 aliphatic carbocycles.